The molecule has 4 nitrogen and oxygen atoms in total. The summed E-state index contributed by atoms with van der Waals surface area (Å²) in [7, 11) is 0. The number of ether oxygens (including phenoxy) is 1. The van der Waals surface area contributed by atoms with Crippen LogP contribution in [0.3, 0.4) is 0 Å². The Labute approximate surface area is 88.5 Å². The molecular weight excluding hydrogens is 192 g/mol. The molecule has 0 aliphatic heterocycles. The predicted octanol–water partition coefficient (Wildman–Crippen LogP) is 2.32. The third-order valence-corrected chi connectivity index (χ3v) is 1.76. The highest BCUT2D eigenvalue weighted by molar-refractivity contribution is 5.84. The molecule has 0 bridgehead atoms. The van der Waals surface area contributed by atoms with Gasteiger partial charge in [0.1, 0.15) is 0 Å². The van der Waals surface area contributed by atoms with Crippen LogP contribution in [0.25, 0.3) is 0 Å². The zero-order valence-electron chi connectivity index (χ0n) is 8.49. The number of carbonyl (C=O) groups excluding carboxylic acids is 1. The number of benzene rings is 1. The number of hydrogen-bond acceptors (Lipinski definition) is 3. The van der Waals surface area contributed by atoms with E-state index in [1.165, 1.54) is 0 Å². The van der Waals surface area contributed by atoms with Crippen molar-refractivity contribution in [1.29, 1.82) is 5.26 Å². The van der Waals surface area contributed by atoms with E-state index in [-0.39, 0.29) is 0 Å². The topological polar surface area (TPSA) is 62.1 Å². The van der Waals surface area contributed by atoms with Gasteiger partial charge in [0.05, 0.1) is 19.1 Å². The molecule has 1 aromatic carbocycles. The zero-order valence-corrected chi connectivity index (χ0v) is 8.49. The molecule has 1 rings (SSSR count). The SMILES string of the molecule is CCOC(=O)Nc1ccc(CC#N)cc1. The molecule has 1 N–H and O–H groups in total. The van der Waals surface area contributed by atoms with E-state index in [0.29, 0.717) is 18.7 Å². The lowest BCUT2D eigenvalue weighted by molar-refractivity contribution is 0.168. The Hall–Kier alpha value is -2.02. The average Bonchev–Trinajstić information content (AvgIpc) is 2.22. The Morgan fingerprint density at radius 2 is 2.13 bits per heavy atom. The lowest BCUT2D eigenvalue weighted by atomic mass is 10.1. The van der Waals surface area contributed by atoms with Crippen molar-refractivity contribution in [1.82, 2.24) is 0 Å². The Kier molecular flexibility index (Phi) is 4.17. The van der Waals surface area contributed by atoms with Gasteiger partial charge in [-0.1, -0.05) is 12.1 Å². The molecule has 0 saturated carbocycles. The number of amides is 1. The highest BCUT2D eigenvalue weighted by atomic mass is 16.5. The van der Waals surface area contributed by atoms with E-state index in [4.69, 9.17) is 10.00 Å². The van der Waals surface area contributed by atoms with E-state index in [9.17, 15) is 4.79 Å². The molecule has 0 spiro atoms. The van der Waals surface area contributed by atoms with Crippen molar-refractivity contribution in [3.63, 3.8) is 0 Å². The average molecular weight is 204 g/mol. The maximum atomic E-state index is 11.0. The van der Waals surface area contributed by atoms with E-state index in [1.54, 1.807) is 31.2 Å². The van der Waals surface area contributed by atoms with Crippen molar-refractivity contribution >= 4 is 11.8 Å². The molecule has 0 atom stereocenters. The number of hydrogen-bond donors (Lipinski definition) is 1. The van der Waals surface area contributed by atoms with Crippen LogP contribution in [0.5, 0.6) is 0 Å². The molecule has 1 aromatic rings. The van der Waals surface area contributed by atoms with Crippen LogP contribution in [-0.4, -0.2) is 12.7 Å². The van der Waals surface area contributed by atoms with Gasteiger partial charge in [0.2, 0.25) is 0 Å². The van der Waals surface area contributed by atoms with Crippen LogP contribution in [0, 0.1) is 11.3 Å². The molecule has 78 valence electrons. The van der Waals surface area contributed by atoms with Gasteiger partial charge in [-0.05, 0) is 24.6 Å². The molecule has 0 aliphatic rings. The largest absolute Gasteiger partial charge is 0.450 e. The second-order valence-corrected chi connectivity index (χ2v) is 2.88. The summed E-state index contributed by atoms with van der Waals surface area (Å²) in [5, 5.41) is 11.0. The summed E-state index contributed by atoms with van der Waals surface area (Å²) in [5.41, 5.74) is 1.59. The molecule has 0 heterocycles. The molecule has 1 amide bonds. The zero-order chi connectivity index (χ0) is 11.1. The number of nitriles is 1. The van der Waals surface area contributed by atoms with E-state index < -0.39 is 6.09 Å². The van der Waals surface area contributed by atoms with Gasteiger partial charge in [0.15, 0.2) is 0 Å². The van der Waals surface area contributed by atoms with Crippen molar-refractivity contribution < 1.29 is 9.53 Å². The van der Waals surface area contributed by atoms with Gasteiger partial charge in [0.25, 0.3) is 0 Å². The number of anilines is 1. The molecule has 0 aromatic heterocycles. The first-order valence-electron chi connectivity index (χ1n) is 4.66. The van der Waals surface area contributed by atoms with Gasteiger partial charge < -0.3 is 4.74 Å². The monoisotopic (exact) mass is 204 g/mol. The third-order valence-electron chi connectivity index (χ3n) is 1.76. The van der Waals surface area contributed by atoms with Crippen molar-refractivity contribution in [2.45, 2.75) is 13.3 Å². The highest BCUT2D eigenvalue weighted by Crippen LogP contribution is 2.09. The number of nitrogens with zero attached hydrogens (tertiary/aromatic N) is 1. The summed E-state index contributed by atoms with van der Waals surface area (Å²) in [6.45, 7) is 2.09. The minimum absolute atomic E-state index is 0.346. The predicted molar refractivity (Wildman–Crippen MR) is 56.4 cm³/mol. The molecule has 0 radical (unpaired) electrons. The summed E-state index contributed by atoms with van der Waals surface area (Å²) in [5.74, 6) is 0. The lowest BCUT2D eigenvalue weighted by Crippen LogP contribution is -2.13. The maximum Gasteiger partial charge on any atom is 0.411 e. The number of nitrogens with one attached hydrogen (secondary N) is 1. The van der Waals surface area contributed by atoms with Crippen LogP contribution < -0.4 is 5.32 Å². The number of carbonyl (C=O) groups is 1. The van der Waals surface area contributed by atoms with Crippen LogP contribution in [-0.2, 0) is 11.2 Å². The smallest absolute Gasteiger partial charge is 0.411 e. The van der Waals surface area contributed by atoms with Crippen LogP contribution in [0.2, 0.25) is 0 Å². The molecular formula is C11H12N2O2. The first-order valence-corrected chi connectivity index (χ1v) is 4.66. The second kappa shape index (κ2) is 5.66. The van der Waals surface area contributed by atoms with Crippen LogP contribution >= 0.6 is 0 Å². The lowest BCUT2D eigenvalue weighted by Gasteiger charge is -2.05. The molecule has 0 unspecified atom stereocenters. The minimum atomic E-state index is -0.467. The van der Waals surface area contributed by atoms with Gasteiger partial charge in [0, 0.05) is 5.69 Å². The van der Waals surface area contributed by atoms with Gasteiger partial charge >= 0.3 is 6.09 Å². The van der Waals surface area contributed by atoms with E-state index in [1.807, 2.05) is 0 Å². The standard InChI is InChI=1S/C11H12N2O2/c1-2-15-11(14)13-10-5-3-9(4-6-10)7-8-12/h3-6H,2,7H2,1H3,(H,13,14). The Morgan fingerprint density at radius 1 is 1.47 bits per heavy atom. The normalized spacial score (nSPS) is 9.07. The maximum absolute atomic E-state index is 11.0. The van der Waals surface area contributed by atoms with E-state index in [2.05, 4.69) is 11.4 Å². The summed E-state index contributed by atoms with van der Waals surface area (Å²) in [6, 6.07) is 9.12. The minimum Gasteiger partial charge on any atom is -0.450 e. The highest BCUT2D eigenvalue weighted by Gasteiger charge is 2.00. The fraction of sp³-hybridized carbons (Fsp3) is 0.273. The van der Waals surface area contributed by atoms with Crippen molar-refractivity contribution in [2.75, 3.05) is 11.9 Å². The van der Waals surface area contributed by atoms with Crippen LogP contribution in [0.1, 0.15) is 12.5 Å². The van der Waals surface area contributed by atoms with Crippen LogP contribution in [0.15, 0.2) is 24.3 Å². The first kappa shape index (κ1) is 11.1. The first-order chi connectivity index (χ1) is 7.26. The summed E-state index contributed by atoms with van der Waals surface area (Å²) >= 11 is 0. The fourth-order valence-corrected chi connectivity index (χ4v) is 1.08. The second-order valence-electron chi connectivity index (χ2n) is 2.88. The third kappa shape index (κ3) is 3.69. The molecule has 0 fully saturated rings. The van der Waals surface area contributed by atoms with Gasteiger partial charge in [-0.2, -0.15) is 5.26 Å². The molecule has 0 saturated heterocycles. The fourth-order valence-electron chi connectivity index (χ4n) is 1.08. The summed E-state index contributed by atoms with van der Waals surface area (Å²) < 4.78 is 4.72. The summed E-state index contributed by atoms with van der Waals surface area (Å²) in [4.78, 5) is 11.0. The Morgan fingerprint density at radius 3 is 2.67 bits per heavy atom. The Balaban J connectivity index is 2.57. The van der Waals surface area contributed by atoms with Crippen LogP contribution in [0.4, 0.5) is 10.5 Å². The molecule has 15 heavy (non-hydrogen) atoms. The van der Waals surface area contributed by atoms with Crippen molar-refractivity contribution in [3.8, 4) is 6.07 Å². The molecule has 0 aliphatic carbocycles. The van der Waals surface area contributed by atoms with Crippen molar-refractivity contribution in [2.24, 2.45) is 0 Å². The van der Waals surface area contributed by atoms with Gasteiger partial charge in [-0.25, -0.2) is 4.79 Å². The molecule has 4 heteroatoms. The summed E-state index contributed by atoms with van der Waals surface area (Å²) in [6.07, 6.45) is -0.0924. The van der Waals surface area contributed by atoms with Gasteiger partial charge in [-0.3, -0.25) is 5.32 Å². The van der Waals surface area contributed by atoms with E-state index >= 15 is 0 Å². The quantitative estimate of drug-likeness (QED) is 0.821. The number of rotatable bonds is 3. The Bertz CT molecular complexity index is 365. The van der Waals surface area contributed by atoms with Gasteiger partial charge in [-0.15, -0.1) is 0 Å². The van der Waals surface area contributed by atoms with E-state index in [0.717, 1.165) is 5.56 Å². The van der Waals surface area contributed by atoms with Crippen molar-refractivity contribution in [3.05, 3.63) is 29.8 Å².